The number of nitrogens with one attached hydrogen (secondary N) is 1. The number of benzene rings is 1. The van der Waals surface area contributed by atoms with E-state index < -0.39 is 21.9 Å². The lowest BCUT2D eigenvalue weighted by molar-refractivity contribution is -0.274. The maximum Gasteiger partial charge on any atom is 0.573 e. The molecular formula is C21H15F3N4O4S. The van der Waals surface area contributed by atoms with Crippen molar-refractivity contribution in [2.75, 3.05) is 0 Å². The number of ether oxygens (including phenoxy) is 1. The Morgan fingerprint density at radius 1 is 1.06 bits per heavy atom. The van der Waals surface area contributed by atoms with Gasteiger partial charge in [0.15, 0.2) is 0 Å². The SMILES string of the molecule is O=C(NCc1ccc(S(=O)(=O)c2cccc(OC(F)(F)F)c2)cn1)c1ccc2nccn2c1. The van der Waals surface area contributed by atoms with Crippen LogP contribution < -0.4 is 10.1 Å². The third kappa shape index (κ3) is 5.12. The van der Waals surface area contributed by atoms with Gasteiger partial charge in [0, 0.05) is 24.8 Å². The largest absolute Gasteiger partial charge is 0.573 e. The van der Waals surface area contributed by atoms with Crippen molar-refractivity contribution in [3.05, 3.63) is 84.6 Å². The van der Waals surface area contributed by atoms with Gasteiger partial charge in [-0.1, -0.05) is 6.07 Å². The molecule has 3 heterocycles. The molecule has 33 heavy (non-hydrogen) atoms. The number of sulfone groups is 1. The molecule has 1 aromatic carbocycles. The smallest absolute Gasteiger partial charge is 0.406 e. The molecule has 0 radical (unpaired) electrons. The van der Waals surface area contributed by atoms with Crippen LogP contribution in [0.4, 0.5) is 13.2 Å². The molecule has 0 aliphatic rings. The molecule has 4 aromatic rings. The van der Waals surface area contributed by atoms with Gasteiger partial charge in [-0.3, -0.25) is 9.78 Å². The lowest BCUT2D eigenvalue weighted by Crippen LogP contribution is -2.23. The van der Waals surface area contributed by atoms with Crippen LogP contribution in [0.5, 0.6) is 5.75 Å². The summed E-state index contributed by atoms with van der Waals surface area (Å²) in [5.74, 6) is -1.00. The molecule has 0 fully saturated rings. The van der Waals surface area contributed by atoms with Gasteiger partial charge in [-0.2, -0.15) is 0 Å². The number of rotatable bonds is 6. The van der Waals surface area contributed by atoms with Crippen LogP contribution in [0.3, 0.4) is 0 Å². The third-order valence-corrected chi connectivity index (χ3v) is 6.27. The number of fused-ring (bicyclic) bond motifs is 1. The minimum absolute atomic E-state index is 0.0377. The van der Waals surface area contributed by atoms with E-state index in [4.69, 9.17) is 0 Å². The summed E-state index contributed by atoms with van der Waals surface area (Å²) in [6.07, 6.45) is 1.07. The number of imidazole rings is 1. The van der Waals surface area contributed by atoms with E-state index in [1.54, 1.807) is 35.1 Å². The van der Waals surface area contributed by atoms with Crippen LogP contribution in [0, 0.1) is 0 Å². The lowest BCUT2D eigenvalue weighted by Gasteiger charge is -2.11. The molecule has 170 valence electrons. The highest BCUT2D eigenvalue weighted by Gasteiger charge is 2.31. The highest BCUT2D eigenvalue weighted by molar-refractivity contribution is 7.91. The van der Waals surface area contributed by atoms with E-state index in [0.717, 1.165) is 30.5 Å². The fourth-order valence-corrected chi connectivity index (χ4v) is 4.22. The first-order chi connectivity index (χ1) is 15.6. The van der Waals surface area contributed by atoms with Crippen molar-refractivity contribution >= 4 is 21.4 Å². The molecule has 1 N–H and O–H groups in total. The average molecular weight is 476 g/mol. The Labute approximate surface area is 185 Å². The Kier molecular flexibility index (Phi) is 5.77. The molecule has 3 aromatic heterocycles. The van der Waals surface area contributed by atoms with E-state index in [9.17, 15) is 26.4 Å². The van der Waals surface area contributed by atoms with Crippen LogP contribution in [-0.2, 0) is 16.4 Å². The summed E-state index contributed by atoms with van der Waals surface area (Å²) in [6, 6.07) is 10.1. The van der Waals surface area contributed by atoms with Crippen molar-refractivity contribution < 1.29 is 31.1 Å². The van der Waals surface area contributed by atoms with E-state index in [-0.39, 0.29) is 22.2 Å². The minimum atomic E-state index is -4.94. The Bertz CT molecular complexity index is 1420. The Morgan fingerprint density at radius 2 is 1.88 bits per heavy atom. The molecule has 0 saturated carbocycles. The molecule has 0 atom stereocenters. The first kappa shape index (κ1) is 22.3. The molecule has 1 amide bonds. The summed E-state index contributed by atoms with van der Waals surface area (Å²) >= 11 is 0. The first-order valence-corrected chi connectivity index (χ1v) is 10.9. The number of pyridine rings is 2. The maximum atomic E-state index is 12.7. The van der Waals surface area contributed by atoms with E-state index >= 15 is 0 Å². The molecule has 0 saturated heterocycles. The van der Waals surface area contributed by atoms with Gasteiger partial charge in [0.2, 0.25) is 9.84 Å². The molecule has 0 bridgehead atoms. The average Bonchev–Trinajstić information content (AvgIpc) is 3.25. The highest BCUT2D eigenvalue weighted by Crippen LogP contribution is 2.27. The van der Waals surface area contributed by atoms with Crippen LogP contribution in [0.2, 0.25) is 0 Å². The monoisotopic (exact) mass is 476 g/mol. The first-order valence-electron chi connectivity index (χ1n) is 9.39. The van der Waals surface area contributed by atoms with E-state index in [1.165, 1.54) is 12.1 Å². The molecule has 0 spiro atoms. The van der Waals surface area contributed by atoms with Gasteiger partial charge < -0.3 is 14.5 Å². The van der Waals surface area contributed by atoms with Gasteiger partial charge in [0.05, 0.1) is 27.6 Å². The standard InChI is InChI=1S/C21H15F3N4O4S/c22-21(23,24)32-16-2-1-3-17(10-16)33(30,31)18-6-5-15(26-12-18)11-27-20(29)14-4-7-19-25-8-9-28(19)13-14/h1-10,12-13H,11H2,(H,27,29). The molecule has 8 nitrogen and oxygen atoms in total. The quantitative estimate of drug-likeness (QED) is 0.458. The third-order valence-electron chi connectivity index (χ3n) is 4.54. The molecule has 0 aliphatic heterocycles. The maximum absolute atomic E-state index is 12.7. The van der Waals surface area contributed by atoms with E-state index in [1.807, 2.05) is 0 Å². The number of aromatic nitrogens is 3. The zero-order valence-corrected chi connectivity index (χ0v) is 17.5. The summed E-state index contributed by atoms with van der Waals surface area (Å²) < 4.78 is 68.2. The predicted molar refractivity (Wildman–Crippen MR) is 109 cm³/mol. The van der Waals surface area contributed by atoms with Crippen LogP contribution in [0.25, 0.3) is 5.65 Å². The van der Waals surface area contributed by atoms with Crippen molar-refractivity contribution in [2.45, 2.75) is 22.7 Å². The fraction of sp³-hybridized carbons (Fsp3) is 0.0952. The Hall–Kier alpha value is -3.93. The predicted octanol–water partition coefficient (Wildman–Crippen LogP) is 3.39. The topological polar surface area (TPSA) is 103 Å². The summed E-state index contributed by atoms with van der Waals surface area (Å²) in [4.78, 5) is 19.9. The van der Waals surface area contributed by atoms with Crippen molar-refractivity contribution in [2.24, 2.45) is 0 Å². The van der Waals surface area contributed by atoms with E-state index in [2.05, 4.69) is 20.0 Å². The van der Waals surface area contributed by atoms with Gasteiger partial charge in [0.1, 0.15) is 11.4 Å². The van der Waals surface area contributed by atoms with Crippen LogP contribution in [0.15, 0.2) is 83.1 Å². The summed E-state index contributed by atoms with van der Waals surface area (Å²) in [6.45, 7) is 0.0377. The van der Waals surface area contributed by atoms with Gasteiger partial charge in [0.25, 0.3) is 5.91 Å². The zero-order valence-electron chi connectivity index (χ0n) is 16.7. The van der Waals surface area contributed by atoms with Gasteiger partial charge >= 0.3 is 6.36 Å². The summed E-state index contributed by atoms with van der Waals surface area (Å²) in [5, 5.41) is 2.68. The van der Waals surface area contributed by atoms with Gasteiger partial charge in [-0.15, -0.1) is 13.2 Å². The molecule has 12 heteroatoms. The minimum Gasteiger partial charge on any atom is -0.406 e. The molecule has 0 aliphatic carbocycles. The molecule has 0 unspecified atom stereocenters. The second-order valence-electron chi connectivity index (χ2n) is 6.80. The number of nitrogens with zero attached hydrogens (tertiary/aromatic N) is 3. The summed E-state index contributed by atoms with van der Waals surface area (Å²) in [5.41, 5.74) is 1.49. The Morgan fingerprint density at radius 3 is 2.61 bits per heavy atom. The van der Waals surface area contributed by atoms with Crippen LogP contribution in [-0.4, -0.2) is 35.1 Å². The number of carbonyl (C=O) groups is 1. The Balaban J connectivity index is 1.45. The lowest BCUT2D eigenvalue weighted by atomic mass is 10.2. The second kappa shape index (κ2) is 8.54. The van der Waals surface area contributed by atoms with Crippen molar-refractivity contribution in [3.63, 3.8) is 0 Å². The number of amides is 1. The number of halogens is 3. The molecule has 4 rings (SSSR count). The fourth-order valence-electron chi connectivity index (χ4n) is 2.98. The molecular weight excluding hydrogens is 461 g/mol. The van der Waals surface area contributed by atoms with E-state index in [0.29, 0.717) is 16.9 Å². The van der Waals surface area contributed by atoms with Crippen LogP contribution >= 0.6 is 0 Å². The summed E-state index contributed by atoms with van der Waals surface area (Å²) in [7, 11) is -4.13. The number of hydrogen-bond donors (Lipinski definition) is 1. The normalized spacial score (nSPS) is 12.0. The zero-order chi connectivity index (χ0) is 23.6. The number of hydrogen-bond acceptors (Lipinski definition) is 6. The highest BCUT2D eigenvalue weighted by atomic mass is 32.2. The number of alkyl halides is 3. The van der Waals surface area contributed by atoms with Gasteiger partial charge in [-0.05, 0) is 42.5 Å². The van der Waals surface area contributed by atoms with Gasteiger partial charge in [-0.25, -0.2) is 13.4 Å². The van der Waals surface area contributed by atoms with Crippen molar-refractivity contribution in [1.29, 1.82) is 0 Å². The number of carbonyl (C=O) groups excluding carboxylic acids is 1. The van der Waals surface area contributed by atoms with Crippen molar-refractivity contribution in [3.8, 4) is 5.75 Å². The van der Waals surface area contributed by atoms with Crippen LogP contribution in [0.1, 0.15) is 16.1 Å². The van der Waals surface area contributed by atoms with Crippen molar-refractivity contribution in [1.82, 2.24) is 19.7 Å². The second-order valence-corrected chi connectivity index (χ2v) is 8.75.